The fourth-order valence-corrected chi connectivity index (χ4v) is 1.68. The van der Waals surface area contributed by atoms with E-state index in [4.69, 9.17) is 9.47 Å². The fraction of sp³-hybridized carbons (Fsp3) is 0.533. The van der Waals surface area contributed by atoms with Crippen LogP contribution in [-0.4, -0.2) is 30.2 Å². The topological polar surface area (TPSA) is 55.8 Å². The van der Waals surface area contributed by atoms with Crippen molar-refractivity contribution >= 4 is 5.78 Å². The Morgan fingerprint density at radius 2 is 1.74 bits per heavy atom. The van der Waals surface area contributed by atoms with E-state index in [1.807, 2.05) is 13.8 Å². The van der Waals surface area contributed by atoms with Crippen molar-refractivity contribution < 1.29 is 19.4 Å². The lowest BCUT2D eigenvalue weighted by Gasteiger charge is -2.15. The summed E-state index contributed by atoms with van der Waals surface area (Å²) in [6.07, 6.45) is -0.993. The molecule has 1 rings (SSSR count). The summed E-state index contributed by atoms with van der Waals surface area (Å²) in [5.74, 6) is 0.736. The summed E-state index contributed by atoms with van der Waals surface area (Å²) in [6, 6.07) is 4.98. The number of Topliss-reactive ketones (excluding diaryl/α,β-unsaturated/α-hetero) is 1. The van der Waals surface area contributed by atoms with E-state index < -0.39 is 6.10 Å². The molecule has 0 aliphatic rings. The first kappa shape index (κ1) is 15.5. The number of hydrogen-bond donors (Lipinski definition) is 1. The Hall–Kier alpha value is -1.55. The van der Waals surface area contributed by atoms with Crippen LogP contribution in [0.2, 0.25) is 0 Å². The van der Waals surface area contributed by atoms with Gasteiger partial charge in [0.15, 0.2) is 17.3 Å². The molecule has 0 aliphatic carbocycles. The molecule has 0 heterocycles. The highest BCUT2D eigenvalue weighted by molar-refractivity contribution is 6.00. The Kier molecular flexibility index (Phi) is 5.83. The Balaban J connectivity index is 3.03. The molecule has 106 valence electrons. The van der Waals surface area contributed by atoms with Gasteiger partial charge in [-0.3, -0.25) is 4.79 Å². The quantitative estimate of drug-likeness (QED) is 0.771. The Morgan fingerprint density at radius 1 is 1.16 bits per heavy atom. The molecule has 0 amide bonds. The van der Waals surface area contributed by atoms with Crippen molar-refractivity contribution in [2.45, 2.75) is 33.8 Å². The minimum absolute atomic E-state index is 0.116. The van der Waals surface area contributed by atoms with Crippen molar-refractivity contribution in [2.75, 3.05) is 13.2 Å². The second-order valence-corrected chi connectivity index (χ2v) is 4.58. The molecule has 0 radical (unpaired) electrons. The maximum Gasteiger partial charge on any atom is 0.191 e. The molecular weight excluding hydrogens is 244 g/mol. The van der Waals surface area contributed by atoms with E-state index in [0.29, 0.717) is 30.3 Å². The summed E-state index contributed by atoms with van der Waals surface area (Å²) < 4.78 is 10.9. The molecule has 0 fully saturated rings. The molecule has 1 unspecified atom stereocenters. The van der Waals surface area contributed by atoms with Gasteiger partial charge >= 0.3 is 0 Å². The van der Waals surface area contributed by atoms with Crippen LogP contribution in [0.4, 0.5) is 0 Å². The highest BCUT2D eigenvalue weighted by Crippen LogP contribution is 2.29. The molecule has 1 N–H and O–H groups in total. The first-order valence-corrected chi connectivity index (χ1v) is 6.63. The fourth-order valence-electron chi connectivity index (χ4n) is 1.68. The highest BCUT2D eigenvalue weighted by Gasteiger charge is 2.21. The van der Waals surface area contributed by atoms with Crippen LogP contribution in [0, 0.1) is 5.92 Å². The minimum Gasteiger partial charge on any atom is -0.490 e. The van der Waals surface area contributed by atoms with Crippen LogP contribution in [0.1, 0.15) is 38.1 Å². The number of hydrogen-bond acceptors (Lipinski definition) is 4. The van der Waals surface area contributed by atoms with E-state index in [0.717, 1.165) is 0 Å². The minimum atomic E-state index is -0.993. The van der Waals surface area contributed by atoms with Gasteiger partial charge in [0.1, 0.15) is 6.10 Å². The molecule has 0 saturated carbocycles. The summed E-state index contributed by atoms with van der Waals surface area (Å²) in [5, 5.41) is 9.82. The maximum absolute atomic E-state index is 12.1. The van der Waals surface area contributed by atoms with Crippen LogP contribution in [0.5, 0.6) is 11.5 Å². The summed E-state index contributed by atoms with van der Waals surface area (Å²) >= 11 is 0. The molecule has 1 atom stereocenters. The van der Waals surface area contributed by atoms with Crippen molar-refractivity contribution in [2.24, 2.45) is 5.92 Å². The molecule has 4 nitrogen and oxygen atoms in total. The number of carbonyl (C=O) groups is 1. The van der Waals surface area contributed by atoms with Crippen molar-refractivity contribution in [3.05, 3.63) is 23.8 Å². The van der Waals surface area contributed by atoms with E-state index in [9.17, 15) is 9.90 Å². The lowest BCUT2D eigenvalue weighted by Crippen LogP contribution is -2.26. The zero-order valence-corrected chi connectivity index (χ0v) is 12.0. The first-order valence-electron chi connectivity index (χ1n) is 6.63. The van der Waals surface area contributed by atoms with Crippen LogP contribution in [-0.2, 0) is 0 Å². The molecule has 0 aliphatic heterocycles. The summed E-state index contributed by atoms with van der Waals surface area (Å²) in [4.78, 5) is 12.1. The van der Waals surface area contributed by atoms with Crippen molar-refractivity contribution in [1.29, 1.82) is 0 Å². The normalized spacial score (nSPS) is 12.3. The number of carbonyl (C=O) groups excluding carboxylic acids is 1. The lowest BCUT2D eigenvalue weighted by atomic mass is 9.97. The van der Waals surface area contributed by atoms with Gasteiger partial charge in [-0.05, 0) is 38.0 Å². The summed E-state index contributed by atoms with van der Waals surface area (Å²) in [7, 11) is 0. The Bertz CT molecular complexity index is 426. The third-order valence-electron chi connectivity index (χ3n) is 2.73. The van der Waals surface area contributed by atoms with Gasteiger partial charge in [0.25, 0.3) is 0 Å². The molecule has 0 aromatic heterocycles. The number of aliphatic hydroxyl groups excluding tert-OH is 1. The monoisotopic (exact) mass is 266 g/mol. The molecule has 4 heteroatoms. The van der Waals surface area contributed by atoms with Crippen LogP contribution in [0.3, 0.4) is 0 Å². The molecule has 0 spiro atoms. The molecule has 19 heavy (non-hydrogen) atoms. The number of aliphatic hydroxyl groups is 1. The van der Waals surface area contributed by atoms with Gasteiger partial charge in [-0.15, -0.1) is 0 Å². The Labute approximate surface area is 114 Å². The molecule has 1 aromatic rings. The van der Waals surface area contributed by atoms with Crippen molar-refractivity contribution in [3.8, 4) is 11.5 Å². The predicted octanol–water partition coefficient (Wildman–Crippen LogP) is 2.68. The average molecular weight is 266 g/mol. The van der Waals surface area contributed by atoms with Crippen LogP contribution < -0.4 is 9.47 Å². The second-order valence-electron chi connectivity index (χ2n) is 4.58. The van der Waals surface area contributed by atoms with Gasteiger partial charge in [-0.1, -0.05) is 13.8 Å². The van der Waals surface area contributed by atoms with Crippen LogP contribution in [0.25, 0.3) is 0 Å². The first-order chi connectivity index (χ1) is 9.01. The SMILES string of the molecule is CCOc1ccc(C(=O)C(O)C(C)C)cc1OCC. The van der Waals surface area contributed by atoms with Crippen LogP contribution >= 0.6 is 0 Å². The lowest BCUT2D eigenvalue weighted by molar-refractivity contribution is 0.0647. The van der Waals surface area contributed by atoms with E-state index in [1.54, 1.807) is 32.0 Å². The van der Waals surface area contributed by atoms with Gasteiger partial charge in [-0.25, -0.2) is 0 Å². The zero-order chi connectivity index (χ0) is 14.4. The largest absolute Gasteiger partial charge is 0.490 e. The van der Waals surface area contributed by atoms with Gasteiger partial charge < -0.3 is 14.6 Å². The van der Waals surface area contributed by atoms with Crippen LogP contribution in [0.15, 0.2) is 18.2 Å². The number of ketones is 1. The van der Waals surface area contributed by atoms with Gasteiger partial charge in [-0.2, -0.15) is 0 Å². The van der Waals surface area contributed by atoms with Gasteiger partial charge in [0, 0.05) is 5.56 Å². The standard InChI is InChI=1S/C15H22O4/c1-5-18-12-8-7-11(9-13(12)19-6-2)15(17)14(16)10(3)4/h7-10,14,16H,5-6H2,1-4H3. The van der Waals surface area contributed by atoms with E-state index in [2.05, 4.69) is 0 Å². The maximum atomic E-state index is 12.1. The van der Waals surface area contributed by atoms with Gasteiger partial charge in [0.2, 0.25) is 0 Å². The van der Waals surface area contributed by atoms with E-state index in [1.165, 1.54) is 0 Å². The third kappa shape index (κ3) is 3.96. The summed E-state index contributed by atoms with van der Waals surface area (Å²) in [6.45, 7) is 8.39. The molecule has 0 bridgehead atoms. The van der Waals surface area contributed by atoms with E-state index >= 15 is 0 Å². The zero-order valence-electron chi connectivity index (χ0n) is 12.0. The smallest absolute Gasteiger partial charge is 0.191 e. The number of rotatable bonds is 7. The molecule has 0 saturated heterocycles. The third-order valence-corrected chi connectivity index (χ3v) is 2.73. The van der Waals surface area contributed by atoms with E-state index in [-0.39, 0.29) is 11.7 Å². The predicted molar refractivity (Wildman–Crippen MR) is 74.0 cm³/mol. The van der Waals surface area contributed by atoms with Crippen molar-refractivity contribution in [1.82, 2.24) is 0 Å². The van der Waals surface area contributed by atoms with Crippen molar-refractivity contribution in [3.63, 3.8) is 0 Å². The average Bonchev–Trinajstić information content (AvgIpc) is 2.39. The number of ether oxygens (including phenoxy) is 2. The Morgan fingerprint density at radius 3 is 2.26 bits per heavy atom. The highest BCUT2D eigenvalue weighted by atomic mass is 16.5. The molecule has 1 aromatic carbocycles. The van der Waals surface area contributed by atoms with Gasteiger partial charge in [0.05, 0.1) is 13.2 Å². The molecular formula is C15H22O4. The second kappa shape index (κ2) is 7.14. The number of benzene rings is 1. The summed E-state index contributed by atoms with van der Waals surface area (Å²) in [5.41, 5.74) is 0.438.